The first-order valence-electron chi connectivity index (χ1n) is 8.09. The van der Waals surface area contributed by atoms with Crippen LogP contribution in [0.2, 0.25) is 0 Å². The van der Waals surface area contributed by atoms with E-state index in [0.717, 1.165) is 19.5 Å². The van der Waals surface area contributed by atoms with Gasteiger partial charge in [-0.1, -0.05) is 19.1 Å². The van der Waals surface area contributed by atoms with Crippen LogP contribution in [0.3, 0.4) is 0 Å². The van der Waals surface area contributed by atoms with Crippen LogP contribution >= 0.6 is 0 Å². The van der Waals surface area contributed by atoms with Crippen molar-refractivity contribution in [3.05, 3.63) is 29.8 Å². The highest BCUT2D eigenvalue weighted by Gasteiger charge is 2.31. The van der Waals surface area contributed by atoms with Gasteiger partial charge in [0, 0.05) is 11.6 Å². The number of rotatable bonds is 3. The lowest BCUT2D eigenvalue weighted by Crippen LogP contribution is -2.50. The van der Waals surface area contributed by atoms with Gasteiger partial charge in [-0.2, -0.15) is 0 Å². The number of nitrogens with one attached hydrogen (secondary N) is 3. The second-order valence-electron chi connectivity index (χ2n) is 6.34. The van der Waals surface area contributed by atoms with Gasteiger partial charge in [0.15, 0.2) is 0 Å². The number of hydrogen-bond acceptors (Lipinski definition) is 5. The average Bonchev–Trinajstić information content (AvgIpc) is 2.81. The minimum atomic E-state index is -3.58. The Morgan fingerprint density at radius 1 is 1.38 bits per heavy atom. The zero-order valence-corrected chi connectivity index (χ0v) is 14.6. The molecular weight excluding hydrogens is 328 g/mol. The summed E-state index contributed by atoms with van der Waals surface area (Å²) >= 11 is 0. The second-order valence-corrected chi connectivity index (χ2v) is 7.99. The number of piperidine rings is 1. The zero-order chi connectivity index (χ0) is 17.3. The van der Waals surface area contributed by atoms with Crippen LogP contribution in [-0.4, -0.2) is 45.3 Å². The van der Waals surface area contributed by atoms with Crippen molar-refractivity contribution in [3.8, 4) is 0 Å². The highest BCUT2D eigenvalue weighted by molar-refractivity contribution is 7.90. The fourth-order valence-electron chi connectivity index (χ4n) is 3.01. The van der Waals surface area contributed by atoms with Crippen LogP contribution in [0.15, 0.2) is 34.2 Å². The van der Waals surface area contributed by atoms with Gasteiger partial charge in [-0.25, -0.2) is 8.42 Å². The molecule has 0 radical (unpaired) electrons. The lowest BCUT2D eigenvalue weighted by molar-refractivity contribution is -0.123. The highest BCUT2D eigenvalue weighted by Crippen LogP contribution is 2.22. The maximum Gasteiger partial charge on any atom is 0.263 e. The summed E-state index contributed by atoms with van der Waals surface area (Å²) in [5.41, 5.74) is 0.507. The molecule has 3 rings (SSSR count). The van der Waals surface area contributed by atoms with Crippen LogP contribution in [0, 0.1) is 5.92 Å². The Labute approximate surface area is 142 Å². The van der Waals surface area contributed by atoms with Crippen LogP contribution < -0.4 is 15.4 Å². The number of sulfonamides is 1. The van der Waals surface area contributed by atoms with Crippen molar-refractivity contribution < 1.29 is 13.2 Å². The van der Waals surface area contributed by atoms with Crippen molar-refractivity contribution in [2.45, 2.75) is 37.2 Å². The van der Waals surface area contributed by atoms with Crippen molar-refractivity contribution >= 4 is 21.8 Å². The van der Waals surface area contributed by atoms with E-state index in [2.05, 4.69) is 27.3 Å². The summed E-state index contributed by atoms with van der Waals surface area (Å²) in [6.07, 6.45) is 0.881. The molecule has 0 spiro atoms. The summed E-state index contributed by atoms with van der Waals surface area (Å²) < 4.78 is 26.6. The molecule has 1 amide bonds. The van der Waals surface area contributed by atoms with Crippen LogP contribution in [0.5, 0.6) is 0 Å². The van der Waals surface area contributed by atoms with E-state index >= 15 is 0 Å². The standard InChI is InChI=1S/C16H22N4O3S/c1-10-9-17-8-7-13(10)19-16(21)11(2)18-15-12-5-3-4-6-14(12)24(22,23)20-15/h3-6,10-11,13,17H,7-9H2,1-2H3,(H,18,20)(H,19,21). The van der Waals surface area contributed by atoms with E-state index < -0.39 is 16.1 Å². The zero-order valence-electron chi connectivity index (χ0n) is 13.7. The first kappa shape index (κ1) is 16.9. The molecule has 7 nitrogen and oxygen atoms in total. The van der Waals surface area contributed by atoms with Crippen LogP contribution in [-0.2, 0) is 14.8 Å². The minimum absolute atomic E-state index is 0.119. The third-order valence-electron chi connectivity index (χ3n) is 4.48. The first-order chi connectivity index (χ1) is 11.4. The summed E-state index contributed by atoms with van der Waals surface area (Å²) in [6, 6.07) is 6.07. The van der Waals surface area contributed by atoms with Gasteiger partial charge in [0.05, 0.1) is 4.90 Å². The molecule has 24 heavy (non-hydrogen) atoms. The molecule has 1 saturated heterocycles. The van der Waals surface area contributed by atoms with E-state index in [-0.39, 0.29) is 22.7 Å². The number of benzene rings is 1. The number of amides is 1. The van der Waals surface area contributed by atoms with Crippen molar-refractivity contribution in [2.24, 2.45) is 10.9 Å². The maximum absolute atomic E-state index is 12.4. The van der Waals surface area contributed by atoms with Crippen molar-refractivity contribution in [2.75, 3.05) is 13.1 Å². The molecule has 2 aliphatic rings. The molecule has 0 aromatic heterocycles. The molecule has 3 atom stereocenters. The van der Waals surface area contributed by atoms with Crippen molar-refractivity contribution in [3.63, 3.8) is 0 Å². The average molecular weight is 350 g/mol. The minimum Gasteiger partial charge on any atom is -0.351 e. The van der Waals surface area contributed by atoms with Crippen molar-refractivity contribution in [1.29, 1.82) is 0 Å². The summed E-state index contributed by atoms with van der Waals surface area (Å²) in [6.45, 7) is 5.52. The van der Waals surface area contributed by atoms with Gasteiger partial charge in [-0.15, -0.1) is 0 Å². The molecule has 2 heterocycles. The monoisotopic (exact) mass is 350 g/mol. The van der Waals surface area contributed by atoms with Gasteiger partial charge in [0.1, 0.15) is 11.9 Å². The number of hydrogen-bond donors (Lipinski definition) is 3. The Bertz CT molecular complexity index is 775. The number of amidine groups is 1. The van der Waals surface area contributed by atoms with Crippen LogP contribution in [0.1, 0.15) is 25.8 Å². The molecule has 1 fully saturated rings. The molecule has 0 aliphatic carbocycles. The molecule has 3 unspecified atom stereocenters. The molecule has 0 bridgehead atoms. The third kappa shape index (κ3) is 3.29. The summed E-state index contributed by atoms with van der Waals surface area (Å²) in [4.78, 5) is 16.9. The fourth-order valence-corrected chi connectivity index (χ4v) is 4.25. The number of nitrogens with zero attached hydrogens (tertiary/aromatic N) is 1. The summed E-state index contributed by atoms with van der Waals surface area (Å²) in [5.74, 6) is 0.393. The Balaban J connectivity index is 1.75. The molecular formula is C16H22N4O3S. The number of carbonyl (C=O) groups excluding carboxylic acids is 1. The maximum atomic E-state index is 12.4. The molecule has 130 valence electrons. The molecule has 8 heteroatoms. The Morgan fingerprint density at radius 2 is 2.12 bits per heavy atom. The fraction of sp³-hybridized carbons (Fsp3) is 0.500. The van der Waals surface area contributed by atoms with E-state index in [1.807, 2.05) is 0 Å². The van der Waals surface area contributed by atoms with E-state index in [1.165, 1.54) is 6.07 Å². The van der Waals surface area contributed by atoms with Crippen LogP contribution in [0.4, 0.5) is 0 Å². The number of aliphatic imine (C=N–C) groups is 1. The summed E-state index contributed by atoms with van der Waals surface area (Å²) in [5, 5.41) is 6.31. The van der Waals surface area contributed by atoms with Gasteiger partial charge in [0.25, 0.3) is 10.0 Å². The molecule has 2 aliphatic heterocycles. The second kappa shape index (κ2) is 6.52. The number of fused-ring (bicyclic) bond motifs is 1. The Morgan fingerprint density at radius 3 is 2.88 bits per heavy atom. The first-order valence-corrected chi connectivity index (χ1v) is 9.58. The molecule has 0 saturated carbocycles. The molecule has 3 N–H and O–H groups in total. The summed E-state index contributed by atoms with van der Waals surface area (Å²) in [7, 11) is -3.58. The van der Waals surface area contributed by atoms with Crippen LogP contribution in [0.25, 0.3) is 0 Å². The van der Waals surface area contributed by atoms with E-state index in [1.54, 1.807) is 25.1 Å². The SMILES string of the molecule is CC(N=C1NS(=O)(=O)c2ccccc21)C(=O)NC1CCNCC1C. The van der Waals surface area contributed by atoms with E-state index in [4.69, 9.17) is 0 Å². The van der Waals surface area contributed by atoms with Crippen molar-refractivity contribution in [1.82, 2.24) is 15.4 Å². The largest absolute Gasteiger partial charge is 0.351 e. The smallest absolute Gasteiger partial charge is 0.263 e. The quantitative estimate of drug-likeness (QED) is 0.726. The lowest BCUT2D eigenvalue weighted by atomic mass is 9.95. The lowest BCUT2D eigenvalue weighted by Gasteiger charge is -2.30. The predicted molar refractivity (Wildman–Crippen MR) is 91.3 cm³/mol. The van der Waals surface area contributed by atoms with E-state index in [9.17, 15) is 13.2 Å². The third-order valence-corrected chi connectivity index (χ3v) is 5.88. The molecule has 1 aromatic carbocycles. The highest BCUT2D eigenvalue weighted by atomic mass is 32.2. The topological polar surface area (TPSA) is 99.7 Å². The Hall–Kier alpha value is -1.93. The van der Waals surface area contributed by atoms with Gasteiger partial charge in [-0.05, 0) is 44.5 Å². The molecule has 1 aromatic rings. The predicted octanol–water partition coefficient (Wildman–Crippen LogP) is 0.228. The van der Waals surface area contributed by atoms with Gasteiger partial charge in [0.2, 0.25) is 5.91 Å². The van der Waals surface area contributed by atoms with Gasteiger partial charge in [-0.3, -0.25) is 14.5 Å². The Kier molecular flexibility index (Phi) is 4.60. The van der Waals surface area contributed by atoms with Gasteiger partial charge >= 0.3 is 0 Å². The normalized spacial score (nSPS) is 28.0. The number of carbonyl (C=O) groups is 1. The van der Waals surface area contributed by atoms with Gasteiger partial charge < -0.3 is 10.6 Å². The van der Waals surface area contributed by atoms with E-state index in [0.29, 0.717) is 11.5 Å².